The number of halogens is 1. The zero-order valence-corrected chi connectivity index (χ0v) is 25.4. The summed E-state index contributed by atoms with van der Waals surface area (Å²) in [4.78, 5) is 0. The van der Waals surface area contributed by atoms with Gasteiger partial charge in [-0.3, -0.25) is 0 Å². The molecule has 0 saturated carbocycles. The Hall–Kier alpha value is -3.88. The summed E-state index contributed by atoms with van der Waals surface area (Å²) >= 11 is 7.09. The minimum Gasteiger partial charge on any atom is -0.340 e. The SMILES string of the molecule is CCCCn1c(=CC=C2CCC(C=CC3=[N+](CCCC)c4cccc5cccc3c45)=C2Cl)c2cccc3cccc1c32. The highest BCUT2D eigenvalue weighted by molar-refractivity contribution is 6.33. The smallest absolute Gasteiger partial charge is 0.214 e. The van der Waals surface area contributed by atoms with E-state index in [1.807, 2.05) is 0 Å². The van der Waals surface area contributed by atoms with Crippen LogP contribution in [0, 0.1) is 0 Å². The predicted octanol–water partition coefficient (Wildman–Crippen LogP) is 9.96. The number of nitrogens with zero attached hydrogens (tertiary/aromatic N) is 2. The fourth-order valence-electron chi connectivity index (χ4n) is 6.91. The van der Waals surface area contributed by atoms with Crippen molar-refractivity contribution in [2.24, 2.45) is 0 Å². The van der Waals surface area contributed by atoms with Crippen molar-refractivity contribution in [1.82, 2.24) is 4.57 Å². The lowest BCUT2D eigenvalue weighted by molar-refractivity contribution is -0.436. The number of aromatic nitrogens is 1. The lowest BCUT2D eigenvalue weighted by Crippen LogP contribution is -2.16. The van der Waals surface area contributed by atoms with Gasteiger partial charge in [-0.05, 0) is 59.4 Å². The lowest BCUT2D eigenvalue weighted by Gasteiger charge is -2.05. The van der Waals surface area contributed by atoms with Gasteiger partial charge >= 0.3 is 0 Å². The van der Waals surface area contributed by atoms with Crippen LogP contribution in [-0.2, 0) is 6.54 Å². The normalized spacial score (nSPS) is 16.7. The van der Waals surface area contributed by atoms with Crippen LogP contribution in [0.5, 0.6) is 0 Å². The molecular formula is C39H38ClN2+. The van der Waals surface area contributed by atoms with E-state index in [-0.39, 0.29) is 0 Å². The summed E-state index contributed by atoms with van der Waals surface area (Å²) in [6.45, 7) is 6.58. The highest BCUT2D eigenvalue weighted by atomic mass is 35.5. The van der Waals surface area contributed by atoms with E-state index in [9.17, 15) is 0 Å². The molecule has 1 aliphatic carbocycles. The molecule has 3 heteroatoms. The first-order chi connectivity index (χ1) is 20.7. The molecule has 0 N–H and O–H groups in total. The summed E-state index contributed by atoms with van der Waals surface area (Å²) in [5, 5.41) is 8.88. The fourth-order valence-corrected chi connectivity index (χ4v) is 7.23. The van der Waals surface area contributed by atoms with E-state index >= 15 is 0 Å². The van der Waals surface area contributed by atoms with Crippen LogP contribution in [0.15, 0.2) is 107 Å². The number of allylic oxidation sites excluding steroid dienone is 6. The Morgan fingerprint density at radius 1 is 0.786 bits per heavy atom. The van der Waals surface area contributed by atoms with E-state index < -0.39 is 0 Å². The minimum absolute atomic E-state index is 0.909. The summed E-state index contributed by atoms with van der Waals surface area (Å²) in [7, 11) is 0. The van der Waals surface area contributed by atoms with Crippen LogP contribution >= 0.6 is 11.6 Å². The third-order valence-electron chi connectivity index (χ3n) is 9.06. The van der Waals surface area contributed by atoms with Crippen LogP contribution < -0.4 is 5.35 Å². The quantitative estimate of drug-likeness (QED) is 0.156. The van der Waals surface area contributed by atoms with Gasteiger partial charge < -0.3 is 4.57 Å². The maximum atomic E-state index is 7.09. The van der Waals surface area contributed by atoms with Gasteiger partial charge in [-0.25, -0.2) is 0 Å². The van der Waals surface area contributed by atoms with Gasteiger partial charge in [0.25, 0.3) is 0 Å². The first kappa shape index (κ1) is 27.0. The zero-order valence-electron chi connectivity index (χ0n) is 24.7. The molecule has 1 aromatic heterocycles. The topological polar surface area (TPSA) is 7.94 Å². The molecule has 0 radical (unpaired) electrons. The number of hydrogen-bond acceptors (Lipinski definition) is 0. The minimum atomic E-state index is 0.909. The molecule has 0 unspecified atom stereocenters. The average molecular weight is 570 g/mol. The summed E-state index contributed by atoms with van der Waals surface area (Å²) in [6.07, 6.45) is 15.8. The standard InChI is InChI=1S/C39H38ClN2/c1-3-5-25-41-33(31-15-7-11-27-13-9-17-35(41)37(27)31)23-21-29-19-20-30(39(29)40)22-24-34-32-16-8-12-28-14-10-18-36(38(28)32)42(34)26-6-4-2/h7-18,21-24H,3-6,19-20,25-26H2,1-2H3/q+1. The Bertz CT molecular complexity index is 2000. The molecule has 2 heterocycles. The van der Waals surface area contributed by atoms with Crippen LogP contribution in [0.3, 0.4) is 0 Å². The van der Waals surface area contributed by atoms with E-state index in [1.54, 1.807) is 0 Å². The molecule has 0 spiro atoms. The summed E-state index contributed by atoms with van der Waals surface area (Å²) in [5.74, 6) is 0. The molecule has 4 aromatic carbocycles. The highest BCUT2D eigenvalue weighted by Gasteiger charge is 2.30. The van der Waals surface area contributed by atoms with Gasteiger partial charge in [-0.2, -0.15) is 4.58 Å². The van der Waals surface area contributed by atoms with Crippen molar-refractivity contribution in [1.29, 1.82) is 0 Å². The maximum absolute atomic E-state index is 7.09. The Balaban J connectivity index is 1.27. The first-order valence-electron chi connectivity index (χ1n) is 15.6. The third kappa shape index (κ3) is 4.53. The second-order valence-corrected chi connectivity index (χ2v) is 12.1. The molecule has 0 bridgehead atoms. The molecule has 210 valence electrons. The predicted molar refractivity (Wildman–Crippen MR) is 181 cm³/mol. The Morgan fingerprint density at radius 2 is 1.52 bits per heavy atom. The van der Waals surface area contributed by atoms with Crippen molar-refractivity contribution >= 4 is 61.5 Å². The Labute approximate surface area is 253 Å². The Kier molecular flexibility index (Phi) is 7.34. The molecular weight excluding hydrogens is 532 g/mol. The summed E-state index contributed by atoms with van der Waals surface area (Å²) in [5.41, 5.74) is 7.73. The van der Waals surface area contributed by atoms with E-state index in [4.69, 9.17) is 11.6 Å². The zero-order chi connectivity index (χ0) is 28.6. The van der Waals surface area contributed by atoms with Crippen molar-refractivity contribution in [3.05, 3.63) is 118 Å². The molecule has 7 rings (SSSR count). The van der Waals surface area contributed by atoms with Gasteiger partial charge in [0.1, 0.15) is 6.54 Å². The van der Waals surface area contributed by atoms with Gasteiger partial charge in [0, 0.05) is 51.8 Å². The third-order valence-corrected chi connectivity index (χ3v) is 9.55. The molecule has 2 aliphatic rings. The number of benzene rings is 4. The summed E-state index contributed by atoms with van der Waals surface area (Å²) < 4.78 is 5.01. The van der Waals surface area contributed by atoms with Gasteiger partial charge in [0.15, 0.2) is 0 Å². The van der Waals surface area contributed by atoms with Crippen LogP contribution in [0.4, 0.5) is 5.69 Å². The van der Waals surface area contributed by atoms with Gasteiger partial charge in [0.05, 0.1) is 10.9 Å². The molecule has 0 amide bonds. The highest BCUT2D eigenvalue weighted by Crippen LogP contribution is 2.38. The van der Waals surface area contributed by atoms with E-state index in [2.05, 4.69) is 120 Å². The number of rotatable bonds is 9. The van der Waals surface area contributed by atoms with Gasteiger partial charge in [-0.15, -0.1) is 0 Å². The van der Waals surface area contributed by atoms with Crippen LogP contribution in [-0.4, -0.2) is 21.4 Å². The van der Waals surface area contributed by atoms with Crippen molar-refractivity contribution < 1.29 is 4.58 Å². The second kappa shape index (κ2) is 11.4. The Morgan fingerprint density at radius 3 is 2.33 bits per heavy atom. The second-order valence-electron chi connectivity index (χ2n) is 11.7. The number of hydrogen-bond donors (Lipinski definition) is 0. The summed E-state index contributed by atoms with van der Waals surface area (Å²) in [6, 6.07) is 26.7. The largest absolute Gasteiger partial charge is 0.340 e. The van der Waals surface area contributed by atoms with Crippen molar-refractivity contribution in [3.8, 4) is 0 Å². The fraction of sp³-hybridized carbons (Fsp3) is 0.256. The van der Waals surface area contributed by atoms with Crippen LogP contribution in [0.25, 0.3) is 38.5 Å². The van der Waals surface area contributed by atoms with Gasteiger partial charge in [0.2, 0.25) is 11.4 Å². The molecule has 5 aromatic rings. The molecule has 42 heavy (non-hydrogen) atoms. The monoisotopic (exact) mass is 569 g/mol. The van der Waals surface area contributed by atoms with Crippen LogP contribution in [0.2, 0.25) is 0 Å². The number of unbranched alkanes of at least 4 members (excludes halogenated alkanes) is 2. The lowest BCUT2D eigenvalue weighted by atomic mass is 10.0. The van der Waals surface area contributed by atoms with E-state index in [1.165, 1.54) is 91.6 Å². The molecule has 2 nitrogen and oxygen atoms in total. The first-order valence-corrected chi connectivity index (χ1v) is 16.0. The van der Waals surface area contributed by atoms with E-state index in [0.717, 1.165) is 31.0 Å². The van der Waals surface area contributed by atoms with E-state index in [0.29, 0.717) is 0 Å². The average Bonchev–Trinajstić information content (AvgIpc) is 3.64. The number of aryl methyl sites for hydroxylation is 1. The molecule has 0 fully saturated rings. The maximum Gasteiger partial charge on any atom is 0.214 e. The van der Waals surface area contributed by atoms with Gasteiger partial charge in [-0.1, -0.05) is 105 Å². The van der Waals surface area contributed by atoms with Crippen molar-refractivity contribution in [3.63, 3.8) is 0 Å². The van der Waals surface area contributed by atoms with Crippen molar-refractivity contribution in [2.75, 3.05) is 6.54 Å². The molecule has 0 saturated heterocycles. The molecule has 0 atom stereocenters. The van der Waals surface area contributed by atoms with Crippen LogP contribution in [0.1, 0.15) is 57.9 Å². The molecule has 1 aliphatic heterocycles. The van der Waals surface area contributed by atoms with Crippen molar-refractivity contribution in [2.45, 2.75) is 58.9 Å².